The topological polar surface area (TPSA) is 46.5 Å². The van der Waals surface area contributed by atoms with E-state index in [1.54, 1.807) is 24.3 Å². The van der Waals surface area contributed by atoms with Gasteiger partial charge in [0.25, 0.3) is 0 Å². The van der Waals surface area contributed by atoms with Crippen molar-refractivity contribution in [1.29, 1.82) is 0 Å². The highest BCUT2D eigenvalue weighted by Crippen LogP contribution is 2.27. The first-order valence-corrected chi connectivity index (χ1v) is 5.12. The summed E-state index contributed by atoms with van der Waals surface area (Å²) in [5.74, 6) is 0.668. The number of hydrogen-bond donors (Lipinski definition) is 1. The van der Waals surface area contributed by atoms with Crippen LogP contribution >= 0.6 is 0 Å². The fraction of sp³-hybridized carbons (Fsp3) is 0.308. The van der Waals surface area contributed by atoms with E-state index in [1.165, 1.54) is 7.11 Å². The van der Waals surface area contributed by atoms with Crippen molar-refractivity contribution >= 4 is 12.4 Å². The lowest BCUT2D eigenvalue weighted by Crippen LogP contribution is -1.94. The van der Waals surface area contributed by atoms with Crippen LogP contribution in [0.2, 0.25) is 0 Å². The largest absolute Gasteiger partial charge is 0.504 e. The van der Waals surface area contributed by atoms with Crippen molar-refractivity contribution in [3.8, 4) is 11.5 Å². The monoisotopic (exact) mass is 220 g/mol. The molecule has 0 aliphatic carbocycles. The fourth-order valence-corrected chi connectivity index (χ4v) is 1.33. The highest BCUT2D eigenvalue weighted by molar-refractivity contribution is 5.82. The lowest BCUT2D eigenvalue weighted by atomic mass is 10.0. The molecule has 1 aromatic carbocycles. The van der Waals surface area contributed by atoms with E-state index in [1.807, 2.05) is 13.8 Å². The van der Waals surface area contributed by atoms with E-state index in [4.69, 9.17) is 4.74 Å². The molecule has 1 rings (SSSR count). The molecule has 0 atom stereocenters. The summed E-state index contributed by atoms with van der Waals surface area (Å²) >= 11 is 0. The molecule has 3 heteroatoms. The van der Waals surface area contributed by atoms with Crippen LogP contribution in [0.3, 0.4) is 0 Å². The van der Waals surface area contributed by atoms with Crippen molar-refractivity contribution in [2.45, 2.75) is 13.8 Å². The number of carbonyl (C=O) groups excluding carboxylic acids is 1. The van der Waals surface area contributed by atoms with Gasteiger partial charge in [-0.25, -0.2) is 0 Å². The van der Waals surface area contributed by atoms with Gasteiger partial charge in [-0.15, -0.1) is 0 Å². The van der Waals surface area contributed by atoms with Gasteiger partial charge >= 0.3 is 0 Å². The maximum Gasteiger partial charge on any atom is 0.160 e. The quantitative estimate of drug-likeness (QED) is 0.626. The van der Waals surface area contributed by atoms with Crippen LogP contribution in [0, 0.1) is 5.92 Å². The third-order valence-electron chi connectivity index (χ3n) is 2.34. The Morgan fingerprint density at radius 3 is 2.56 bits per heavy atom. The first-order valence-electron chi connectivity index (χ1n) is 5.12. The number of phenolic OH excluding ortho intramolecular Hbond substituents is 1. The molecular formula is C13H16O3. The Morgan fingerprint density at radius 1 is 1.44 bits per heavy atom. The summed E-state index contributed by atoms with van der Waals surface area (Å²) in [5.41, 5.74) is 1.48. The lowest BCUT2D eigenvalue weighted by Gasteiger charge is -2.06. The Kier molecular flexibility index (Phi) is 4.11. The zero-order valence-corrected chi connectivity index (χ0v) is 9.73. The van der Waals surface area contributed by atoms with Crippen molar-refractivity contribution in [1.82, 2.24) is 0 Å². The summed E-state index contributed by atoms with van der Waals surface area (Å²) in [6, 6.07) is 5.04. The second kappa shape index (κ2) is 5.35. The predicted octanol–water partition coefficient (Wildman–Crippen LogP) is 2.64. The molecular weight excluding hydrogens is 204 g/mol. The van der Waals surface area contributed by atoms with Gasteiger partial charge in [0, 0.05) is 0 Å². The molecule has 86 valence electrons. The molecule has 3 nitrogen and oxygen atoms in total. The molecule has 0 spiro atoms. The normalized spacial score (nSPS) is 11.6. The van der Waals surface area contributed by atoms with Crippen LogP contribution in [0.4, 0.5) is 0 Å². The van der Waals surface area contributed by atoms with Gasteiger partial charge in [-0.05, 0) is 35.3 Å². The van der Waals surface area contributed by atoms with E-state index in [0.717, 1.165) is 11.8 Å². The van der Waals surface area contributed by atoms with Gasteiger partial charge in [0.1, 0.15) is 6.29 Å². The smallest absolute Gasteiger partial charge is 0.160 e. The zero-order chi connectivity index (χ0) is 12.1. The third-order valence-corrected chi connectivity index (χ3v) is 2.34. The lowest BCUT2D eigenvalue weighted by molar-refractivity contribution is -0.105. The fourth-order valence-electron chi connectivity index (χ4n) is 1.33. The van der Waals surface area contributed by atoms with Crippen LogP contribution in [0.25, 0.3) is 6.08 Å². The van der Waals surface area contributed by atoms with Crippen LogP contribution in [-0.4, -0.2) is 18.5 Å². The summed E-state index contributed by atoms with van der Waals surface area (Å²) in [7, 11) is 1.50. The summed E-state index contributed by atoms with van der Waals surface area (Å²) in [6.07, 6.45) is 2.60. The van der Waals surface area contributed by atoms with Crippen LogP contribution in [0.15, 0.2) is 23.8 Å². The molecule has 0 amide bonds. The molecule has 0 aliphatic rings. The summed E-state index contributed by atoms with van der Waals surface area (Å²) < 4.78 is 4.94. The molecule has 0 saturated heterocycles. The van der Waals surface area contributed by atoms with Gasteiger partial charge in [-0.3, -0.25) is 4.79 Å². The molecule has 0 saturated carbocycles. The minimum Gasteiger partial charge on any atom is -0.504 e. The van der Waals surface area contributed by atoms with E-state index in [2.05, 4.69) is 0 Å². The average Bonchev–Trinajstić information content (AvgIpc) is 2.25. The Labute approximate surface area is 95.4 Å². The van der Waals surface area contributed by atoms with E-state index in [9.17, 15) is 9.90 Å². The van der Waals surface area contributed by atoms with Crippen molar-refractivity contribution < 1.29 is 14.6 Å². The number of hydrogen-bond acceptors (Lipinski definition) is 3. The molecule has 16 heavy (non-hydrogen) atoms. The van der Waals surface area contributed by atoms with Crippen molar-refractivity contribution in [3.63, 3.8) is 0 Å². The second-order valence-electron chi connectivity index (χ2n) is 3.85. The third kappa shape index (κ3) is 2.86. The number of phenols is 1. The molecule has 0 radical (unpaired) electrons. The first-order chi connectivity index (χ1) is 7.58. The van der Waals surface area contributed by atoms with E-state index in [0.29, 0.717) is 11.3 Å². The Hall–Kier alpha value is -1.77. The molecule has 0 unspecified atom stereocenters. The number of aromatic hydroxyl groups is 1. The number of carbonyl (C=O) groups is 1. The molecule has 0 fully saturated rings. The van der Waals surface area contributed by atoms with Crippen LogP contribution in [-0.2, 0) is 4.79 Å². The highest BCUT2D eigenvalue weighted by Gasteiger charge is 2.04. The molecule has 1 N–H and O–H groups in total. The summed E-state index contributed by atoms with van der Waals surface area (Å²) in [5, 5.41) is 9.57. The molecule has 0 aromatic heterocycles. The van der Waals surface area contributed by atoms with Gasteiger partial charge in [0.05, 0.1) is 7.11 Å². The Bertz CT molecular complexity index is 406. The average molecular weight is 220 g/mol. The zero-order valence-electron chi connectivity index (χ0n) is 9.73. The number of ether oxygens (including phenoxy) is 1. The maximum atomic E-state index is 10.8. The minimum absolute atomic E-state index is 0.0743. The summed E-state index contributed by atoms with van der Waals surface area (Å²) in [4.78, 5) is 10.8. The highest BCUT2D eigenvalue weighted by atomic mass is 16.5. The minimum atomic E-state index is 0.0743. The van der Waals surface area contributed by atoms with Crippen molar-refractivity contribution in [2.75, 3.05) is 7.11 Å². The van der Waals surface area contributed by atoms with E-state index in [-0.39, 0.29) is 11.7 Å². The predicted molar refractivity (Wildman–Crippen MR) is 63.5 cm³/mol. The number of methoxy groups -OCH3 is 1. The number of allylic oxidation sites excluding steroid dienone is 1. The van der Waals surface area contributed by atoms with Gasteiger partial charge in [0.2, 0.25) is 0 Å². The summed E-state index contributed by atoms with van der Waals surface area (Å²) in [6.45, 7) is 3.90. The molecule has 1 aromatic rings. The SMILES string of the molecule is COc1ccc(/C=C(\C=O)C(C)C)cc1O. The standard InChI is InChI=1S/C13H16O3/c1-9(2)11(8-14)6-10-4-5-13(16-3)12(15)7-10/h4-9,15H,1-3H3/b11-6+. The van der Waals surface area contributed by atoms with Crippen LogP contribution in [0.5, 0.6) is 11.5 Å². The van der Waals surface area contributed by atoms with Crippen molar-refractivity contribution in [2.24, 2.45) is 5.92 Å². The van der Waals surface area contributed by atoms with Crippen molar-refractivity contribution in [3.05, 3.63) is 29.3 Å². The maximum absolute atomic E-state index is 10.8. The van der Waals surface area contributed by atoms with Crippen LogP contribution in [0.1, 0.15) is 19.4 Å². The number of aldehydes is 1. The van der Waals surface area contributed by atoms with Gasteiger partial charge in [0.15, 0.2) is 11.5 Å². The number of benzene rings is 1. The van der Waals surface area contributed by atoms with Gasteiger partial charge in [-0.1, -0.05) is 19.9 Å². The van der Waals surface area contributed by atoms with Gasteiger partial charge < -0.3 is 9.84 Å². The number of rotatable bonds is 4. The van der Waals surface area contributed by atoms with Crippen LogP contribution < -0.4 is 4.74 Å². The van der Waals surface area contributed by atoms with E-state index < -0.39 is 0 Å². The molecule has 0 aliphatic heterocycles. The molecule has 0 heterocycles. The van der Waals surface area contributed by atoms with Gasteiger partial charge in [-0.2, -0.15) is 0 Å². The first kappa shape index (κ1) is 12.3. The second-order valence-corrected chi connectivity index (χ2v) is 3.85. The van der Waals surface area contributed by atoms with E-state index >= 15 is 0 Å². The molecule has 0 bridgehead atoms. The Balaban J connectivity index is 3.06. The Morgan fingerprint density at radius 2 is 2.12 bits per heavy atom.